The van der Waals surface area contributed by atoms with E-state index in [-0.39, 0.29) is 34.6 Å². The van der Waals surface area contributed by atoms with Gasteiger partial charge in [-0.05, 0) is 61.2 Å². The van der Waals surface area contributed by atoms with Gasteiger partial charge in [0.2, 0.25) is 5.91 Å². The fraction of sp³-hybridized carbons (Fsp3) is 0.350. The van der Waals surface area contributed by atoms with E-state index >= 15 is 0 Å². The van der Waals surface area contributed by atoms with Gasteiger partial charge in [0.1, 0.15) is 5.75 Å². The average Bonchev–Trinajstić information content (AvgIpc) is 3.01. The number of sulfone groups is 1. The molecule has 0 aromatic heterocycles. The fourth-order valence-corrected chi connectivity index (χ4v) is 6.54. The maximum absolute atomic E-state index is 12.8. The van der Waals surface area contributed by atoms with Crippen LogP contribution in [0.2, 0.25) is 0 Å². The Labute approximate surface area is 176 Å². The minimum atomic E-state index is -3.88. The van der Waals surface area contributed by atoms with E-state index in [9.17, 15) is 21.6 Å². The summed E-state index contributed by atoms with van der Waals surface area (Å²) in [5.74, 6) is 0.177. The van der Waals surface area contributed by atoms with E-state index in [2.05, 4.69) is 10.0 Å². The lowest BCUT2D eigenvalue weighted by Gasteiger charge is -2.14. The molecular formula is C20H24N2O6S2. The zero-order valence-electron chi connectivity index (χ0n) is 16.7. The summed E-state index contributed by atoms with van der Waals surface area (Å²) < 4.78 is 56.4. The van der Waals surface area contributed by atoms with Gasteiger partial charge in [-0.25, -0.2) is 16.8 Å². The number of sulfonamides is 1. The van der Waals surface area contributed by atoms with Gasteiger partial charge in [-0.2, -0.15) is 0 Å². The lowest BCUT2D eigenvalue weighted by Crippen LogP contribution is -2.18. The molecule has 0 spiro atoms. The number of methoxy groups -OCH3 is 1. The molecule has 1 aliphatic heterocycles. The number of carbonyl (C=O) groups is 1. The first-order valence-electron chi connectivity index (χ1n) is 9.36. The second-order valence-corrected chi connectivity index (χ2v) is 11.2. The first-order valence-corrected chi connectivity index (χ1v) is 12.7. The molecule has 0 aliphatic carbocycles. The molecule has 3 rings (SSSR count). The number of hydrogen-bond donors (Lipinski definition) is 2. The average molecular weight is 453 g/mol. The summed E-state index contributed by atoms with van der Waals surface area (Å²) in [6, 6.07) is 11.1. The highest BCUT2D eigenvalue weighted by atomic mass is 32.2. The van der Waals surface area contributed by atoms with Crippen LogP contribution in [-0.4, -0.2) is 41.4 Å². The van der Waals surface area contributed by atoms with Gasteiger partial charge in [-0.15, -0.1) is 0 Å². The predicted molar refractivity (Wildman–Crippen MR) is 115 cm³/mol. The molecule has 1 aliphatic rings. The Morgan fingerprint density at radius 1 is 1.13 bits per heavy atom. The van der Waals surface area contributed by atoms with Gasteiger partial charge in [-0.3, -0.25) is 9.52 Å². The van der Waals surface area contributed by atoms with Crippen LogP contribution in [0.15, 0.2) is 47.4 Å². The van der Waals surface area contributed by atoms with Crippen molar-refractivity contribution in [1.29, 1.82) is 0 Å². The molecule has 1 unspecified atom stereocenters. The van der Waals surface area contributed by atoms with Crippen LogP contribution in [0.5, 0.6) is 5.75 Å². The largest absolute Gasteiger partial charge is 0.497 e. The van der Waals surface area contributed by atoms with Gasteiger partial charge in [0, 0.05) is 17.8 Å². The standard InChI is InChI=1S/C20H24N2O6S2/c1-14-3-4-17(21-20(23)11-15-9-10-29(24,25)13-15)12-19(14)30(26,27)22-16-5-7-18(28-2)8-6-16/h3-8,12,15,22H,9-11,13H2,1-2H3,(H,21,23). The van der Waals surface area contributed by atoms with Crippen molar-refractivity contribution in [1.82, 2.24) is 0 Å². The highest BCUT2D eigenvalue weighted by Gasteiger charge is 2.29. The summed E-state index contributed by atoms with van der Waals surface area (Å²) >= 11 is 0. The first-order chi connectivity index (χ1) is 14.1. The predicted octanol–water partition coefficient (Wildman–Crippen LogP) is 2.57. The molecule has 8 nitrogen and oxygen atoms in total. The van der Waals surface area contributed by atoms with E-state index in [0.29, 0.717) is 29.1 Å². The minimum absolute atomic E-state index is 0.0136. The van der Waals surface area contributed by atoms with Crippen molar-refractivity contribution in [2.24, 2.45) is 5.92 Å². The van der Waals surface area contributed by atoms with E-state index < -0.39 is 19.9 Å². The lowest BCUT2D eigenvalue weighted by molar-refractivity contribution is -0.116. The van der Waals surface area contributed by atoms with Crippen molar-refractivity contribution in [3.05, 3.63) is 48.0 Å². The summed E-state index contributed by atoms with van der Waals surface area (Å²) in [4.78, 5) is 12.3. The van der Waals surface area contributed by atoms with Crippen LogP contribution >= 0.6 is 0 Å². The number of benzene rings is 2. The molecule has 1 fully saturated rings. The van der Waals surface area contributed by atoms with Crippen molar-refractivity contribution in [2.45, 2.75) is 24.7 Å². The molecule has 10 heteroatoms. The van der Waals surface area contributed by atoms with E-state index in [1.165, 1.54) is 13.2 Å². The Balaban J connectivity index is 1.72. The van der Waals surface area contributed by atoms with Crippen LogP contribution in [0, 0.1) is 12.8 Å². The van der Waals surface area contributed by atoms with E-state index in [1.807, 2.05) is 0 Å². The zero-order chi connectivity index (χ0) is 21.9. The lowest BCUT2D eigenvalue weighted by atomic mass is 10.0. The van der Waals surface area contributed by atoms with Gasteiger partial charge in [-0.1, -0.05) is 6.07 Å². The topological polar surface area (TPSA) is 119 Å². The van der Waals surface area contributed by atoms with Crippen molar-refractivity contribution in [3.8, 4) is 5.75 Å². The Morgan fingerprint density at radius 3 is 2.40 bits per heavy atom. The van der Waals surface area contributed by atoms with Crippen LogP contribution in [0.4, 0.5) is 11.4 Å². The first kappa shape index (κ1) is 22.1. The van der Waals surface area contributed by atoms with E-state index in [1.54, 1.807) is 43.3 Å². The number of rotatable bonds is 7. The Bertz CT molecular complexity index is 1140. The number of amides is 1. The molecule has 0 saturated carbocycles. The minimum Gasteiger partial charge on any atom is -0.497 e. The third-order valence-corrected chi connectivity index (χ3v) is 8.26. The van der Waals surface area contributed by atoms with Crippen LogP contribution < -0.4 is 14.8 Å². The number of ether oxygens (including phenoxy) is 1. The van der Waals surface area contributed by atoms with Gasteiger partial charge in [0.25, 0.3) is 10.0 Å². The number of aryl methyl sites for hydroxylation is 1. The SMILES string of the molecule is COc1ccc(NS(=O)(=O)c2cc(NC(=O)CC3CCS(=O)(=O)C3)ccc2C)cc1. The third kappa shape index (κ3) is 5.51. The molecule has 2 aromatic rings. The molecule has 0 bridgehead atoms. The zero-order valence-corrected chi connectivity index (χ0v) is 18.3. The van der Waals surface area contributed by atoms with Crippen LogP contribution in [0.1, 0.15) is 18.4 Å². The maximum atomic E-state index is 12.8. The maximum Gasteiger partial charge on any atom is 0.262 e. The molecule has 1 saturated heterocycles. The quantitative estimate of drug-likeness (QED) is 0.666. The normalized spacial score (nSPS) is 18.0. The summed E-state index contributed by atoms with van der Waals surface area (Å²) in [6.45, 7) is 1.66. The third-order valence-electron chi connectivity index (χ3n) is 4.90. The molecular weight excluding hydrogens is 428 g/mol. The number of carbonyl (C=O) groups excluding carboxylic acids is 1. The smallest absolute Gasteiger partial charge is 0.262 e. The monoisotopic (exact) mass is 452 g/mol. The van der Waals surface area contributed by atoms with Crippen molar-refractivity contribution in [2.75, 3.05) is 28.7 Å². The number of nitrogens with one attached hydrogen (secondary N) is 2. The molecule has 2 N–H and O–H groups in total. The molecule has 30 heavy (non-hydrogen) atoms. The second-order valence-electron chi connectivity index (χ2n) is 7.34. The molecule has 0 radical (unpaired) electrons. The van der Waals surface area contributed by atoms with Crippen LogP contribution in [0.25, 0.3) is 0 Å². The van der Waals surface area contributed by atoms with Crippen molar-refractivity contribution < 1.29 is 26.4 Å². The molecule has 162 valence electrons. The highest BCUT2D eigenvalue weighted by Crippen LogP contribution is 2.25. The van der Waals surface area contributed by atoms with E-state index in [0.717, 1.165) is 0 Å². The van der Waals surface area contributed by atoms with Gasteiger partial charge in [0.05, 0.1) is 23.5 Å². The van der Waals surface area contributed by atoms with Crippen molar-refractivity contribution >= 4 is 37.1 Å². The van der Waals surface area contributed by atoms with Gasteiger partial charge >= 0.3 is 0 Å². The van der Waals surface area contributed by atoms with Crippen LogP contribution in [-0.2, 0) is 24.7 Å². The summed E-state index contributed by atoms with van der Waals surface area (Å²) in [5, 5.41) is 2.67. The Morgan fingerprint density at radius 2 is 1.80 bits per heavy atom. The van der Waals surface area contributed by atoms with Crippen LogP contribution in [0.3, 0.4) is 0 Å². The number of hydrogen-bond acceptors (Lipinski definition) is 6. The van der Waals surface area contributed by atoms with Gasteiger partial charge in [0.15, 0.2) is 9.84 Å². The molecule has 1 heterocycles. The Hall–Kier alpha value is -2.59. The van der Waals surface area contributed by atoms with E-state index in [4.69, 9.17) is 4.74 Å². The van der Waals surface area contributed by atoms with Gasteiger partial charge < -0.3 is 10.1 Å². The highest BCUT2D eigenvalue weighted by molar-refractivity contribution is 7.92. The molecule has 1 atom stereocenters. The second kappa shape index (κ2) is 8.65. The fourth-order valence-electron chi connectivity index (χ4n) is 3.34. The molecule has 1 amide bonds. The summed E-state index contributed by atoms with van der Waals surface area (Å²) in [6.07, 6.45) is 0.550. The summed E-state index contributed by atoms with van der Waals surface area (Å²) in [7, 11) is -5.41. The molecule has 2 aromatic carbocycles. The van der Waals surface area contributed by atoms with Crippen molar-refractivity contribution in [3.63, 3.8) is 0 Å². The Kier molecular flexibility index (Phi) is 6.37. The summed E-state index contributed by atoms with van der Waals surface area (Å²) in [5.41, 5.74) is 1.24. The number of anilines is 2.